The summed E-state index contributed by atoms with van der Waals surface area (Å²) in [6.45, 7) is 4.21. The van der Waals surface area contributed by atoms with Crippen LogP contribution in [0.3, 0.4) is 0 Å². The Hall–Kier alpha value is -2.43. The molecule has 2 fully saturated rings. The molecule has 1 unspecified atom stereocenters. The average Bonchev–Trinajstić information content (AvgIpc) is 3.54. The Morgan fingerprint density at radius 2 is 1.68 bits per heavy atom. The fraction of sp³-hybridized carbons (Fsp3) is 0.519. The van der Waals surface area contributed by atoms with Crippen molar-refractivity contribution < 1.29 is 21.6 Å². The van der Waals surface area contributed by atoms with E-state index in [0.29, 0.717) is 29.6 Å². The highest BCUT2D eigenvalue weighted by atomic mass is 32.2. The molecule has 1 atom stereocenters. The first kappa shape index (κ1) is 26.2. The average molecular weight is 546 g/mol. The Kier molecular flexibility index (Phi) is 6.44. The highest BCUT2D eigenvalue weighted by Crippen LogP contribution is 2.62. The van der Waals surface area contributed by atoms with E-state index in [9.17, 15) is 21.6 Å². The topological polar surface area (TPSA) is 113 Å². The molecule has 2 aromatic rings. The standard InChI is InChI=1S/C27H35N3O5S2/c1-4-19(2)28-37(34,35)22-7-5-6-20(16-22)25(31)30-18-27(14-12-26(10-11-26)13-15-27)23-17-21(8-9-24(23)30)29-36(3,32)33/h5-9,16-17,19,28-29H,4,10-15,18H2,1-3H3. The first-order chi connectivity index (χ1) is 17.4. The first-order valence-corrected chi connectivity index (χ1v) is 16.3. The van der Waals surface area contributed by atoms with E-state index < -0.39 is 20.0 Å². The van der Waals surface area contributed by atoms with E-state index in [0.717, 1.165) is 43.2 Å². The normalized spacial score (nSPS) is 20.6. The van der Waals surface area contributed by atoms with Crippen LogP contribution >= 0.6 is 0 Å². The van der Waals surface area contributed by atoms with Crippen LogP contribution in [0, 0.1) is 5.41 Å². The molecule has 5 rings (SSSR count). The van der Waals surface area contributed by atoms with Gasteiger partial charge in [0.05, 0.1) is 11.2 Å². The summed E-state index contributed by atoms with van der Waals surface area (Å²) in [7, 11) is -7.19. The van der Waals surface area contributed by atoms with Crippen molar-refractivity contribution in [3.05, 3.63) is 53.6 Å². The molecule has 0 saturated heterocycles. The number of nitrogens with one attached hydrogen (secondary N) is 2. The lowest BCUT2D eigenvalue weighted by Crippen LogP contribution is -2.40. The smallest absolute Gasteiger partial charge is 0.258 e. The van der Waals surface area contributed by atoms with E-state index in [-0.39, 0.29) is 22.3 Å². The van der Waals surface area contributed by atoms with E-state index in [2.05, 4.69) is 9.44 Å². The minimum Gasteiger partial charge on any atom is -0.307 e. The first-order valence-electron chi connectivity index (χ1n) is 12.9. The van der Waals surface area contributed by atoms with Crippen LogP contribution in [-0.2, 0) is 25.5 Å². The molecule has 1 amide bonds. The van der Waals surface area contributed by atoms with Crippen molar-refractivity contribution in [1.82, 2.24) is 4.72 Å². The van der Waals surface area contributed by atoms with Crippen LogP contribution in [0.1, 0.15) is 74.7 Å². The van der Waals surface area contributed by atoms with Crippen LogP contribution in [-0.4, -0.2) is 41.6 Å². The van der Waals surface area contributed by atoms with Crippen LogP contribution in [0.5, 0.6) is 0 Å². The van der Waals surface area contributed by atoms with Gasteiger partial charge in [-0.3, -0.25) is 9.52 Å². The van der Waals surface area contributed by atoms with Crippen LogP contribution in [0.25, 0.3) is 0 Å². The molecule has 200 valence electrons. The molecule has 2 saturated carbocycles. The second-order valence-electron chi connectivity index (χ2n) is 11.2. The van der Waals surface area contributed by atoms with Crippen molar-refractivity contribution in [2.45, 2.75) is 75.1 Å². The third-order valence-corrected chi connectivity index (χ3v) is 10.6. The van der Waals surface area contributed by atoms with Gasteiger partial charge in [-0.25, -0.2) is 21.6 Å². The molecule has 0 bridgehead atoms. The fourth-order valence-electron chi connectivity index (χ4n) is 5.86. The molecule has 2 aromatic carbocycles. The maximum absolute atomic E-state index is 13.8. The zero-order valence-electron chi connectivity index (χ0n) is 21.6. The summed E-state index contributed by atoms with van der Waals surface area (Å²) in [5.74, 6) is -0.255. The predicted molar refractivity (Wildman–Crippen MR) is 145 cm³/mol. The summed E-state index contributed by atoms with van der Waals surface area (Å²) >= 11 is 0. The monoisotopic (exact) mass is 545 g/mol. The number of anilines is 2. The van der Waals surface area contributed by atoms with Crippen LogP contribution < -0.4 is 14.3 Å². The number of sulfonamides is 2. The highest BCUT2D eigenvalue weighted by Gasteiger charge is 2.53. The zero-order valence-corrected chi connectivity index (χ0v) is 23.2. The van der Waals surface area contributed by atoms with Crippen molar-refractivity contribution >= 4 is 37.3 Å². The second-order valence-corrected chi connectivity index (χ2v) is 14.7. The summed E-state index contributed by atoms with van der Waals surface area (Å²) in [4.78, 5) is 15.7. The zero-order chi connectivity index (χ0) is 26.6. The molecule has 2 N–H and O–H groups in total. The molecular formula is C27H35N3O5S2. The lowest BCUT2D eigenvalue weighted by Gasteiger charge is -2.38. The Bertz CT molecular complexity index is 1440. The number of hydrogen-bond acceptors (Lipinski definition) is 5. The molecule has 1 aliphatic heterocycles. The minimum absolute atomic E-state index is 0.0637. The third kappa shape index (κ3) is 5.15. The van der Waals surface area contributed by atoms with E-state index in [1.54, 1.807) is 30.0 Å². The Morgan fingerprint density at radius 1 is 1.00 bits per heavy atom. The van der Waals surface area contributed by atoms with E-state index in [1.807, 2.05) is 19.1 Å². The van der Waals surface area contributed by atoms with E-state index in [1.165, 1.54) is 25.0 Å². The van der Waals surface area contributed by atoms with Crippen LogP contribution in [0.15, 0.2) is 47.4 Å². The fourth-order valence-corrected chi connectivity index (χ4v) is 7.79. The molecule has 3 aliphatic rings. The predicted octanol–water partition coefficient (Wildman–Crippen LogP) is 4.39. The molecule has 8 nitrogen and oxygen atoms in total. The summed E-state index contributed by atoms with van der Waals surface area (Å²) in [5.41, 5.74) is 2.77. The molecule has 37 heavy (non-hydrogen) atoms. The Balaban J connectivity index is 1.49. The molecule has 10 heteroatoms. The molecule has 0 radical (unpaired) electrons. The summed E-state index contributed by atoms with van der Waals surface area (Å²) < 4.78 is 54.7. The quantitative estimate of drug-likeness (QED) is 0.536. The lowest BCUT2D eigenvalue weighted by atomic mass is 9.66. The number of fused-ring (bicyclic) bond motifs is 2. The lowest BCUT2D eigenvalue weighted by molar-refractivity contribution is 0.0980. The van der Waals surface area contributed by atoms with Gasteiger partial charge in [-0.1, -0.05) is 13.0 Å². The number of carbonyl (C=O) groups is 1. The summed E-state index contributed by atoms with van der Waals surface area (Å²) in [6.07, 6.45) is 8.40. The van der Waals surface area contributed by atoms with Gasteiger partial charge in [0.2, 0.25) is 20.0 Å². The second kappa shape index (κ2) is 9.10. The van der Waals surface area contributed by atoms with Crippen molar-refractivity contribution in [3.8, 4) is 0 Å². The van der Waals surface area contributed by atoms with Gasteiger partial charge < -0.3 is 4.90 Å². The number of carbonyl (C=O) groups excluding carboxylic acids is 1. The van der Waals surface area contributed by atoms with Crippen molar-refractivity contribution in [3.63, 3.8) is 0 Å². The molecule has 2 aliphatic carbocycles. The highest BCUT2D eigenvalue weighted by molar-refractivity contribution is 7.92. The van der Waals surface area contributed by atoms with Crippen LogP contribution in [0.2, 0.25) is 0 Å². The number of nitrogens with zero attached hydrogens (tertiary/aromatic N) is 1. The third-order valence-electron chi connectivity index (χ3n) is 8.45. The van der Waals surface area contributed by atoms with Gasteiger partial charge in [-0.2, -0.15) is 0 Å². The van der Waals surface area contributed by atoms with Crippen molar-refractivity contribution in [2.24, 2.45) is 5.41 Å². The van der Waals surface area contributed by atoms with Gasteiger partial charge in [-0.15, -0.1) is 0 Å². The van der Waals surface area contributed by atoms with Gasteiger partial charge in [0.25, 0.3) is 5.91 Å². The number of hydrogen-bond donors (Lipinski definition) is 2. The molecule has 2 spiro atoms. The number of benzene rings is 2. The maximum Gasteiger partial charge on any atom is 0.258 e. The Morgan fingerprint density at radius 3 is 2.30 bits per heavy atom. The number of rotatable bonds is 7. The number of amides is 1. The SMILES string of the molecule is CCC(C)NS(=O)(=O)c1cccc(C(=O)N2CC3(CCC4(CC4)CC3)c3cc(NS(C)(=O)=O)ccc32)c1. The van der Waals surface area contributed by atoms with E-state index >= 15 is 0 Å². The van der Waals surface area contributed by atoms with Gasteiger partial charge in [0.1, 0.15) is 0 Å². The van der Waals surface area contributed by atoms with Crippen LogP contribution in [0.4, 0.5) is 11.4 Å². The summed E-state index contributed by atoms with van der Waals surface area (Å²) in [5, 5.41) is 0. The Labute approximate surface area is 219 Å². The largest absolute Gasteiger partial charge is 0.307 e. The molecule has 1 heterocycles. The van der Waals surface area contributed by atoms with Gasteiger partial charge in [0, 0.05) is 34.9 Å². The van der Waals surface area contributed by atoms with Gasteiger partial charge >= 0.3 is 0 Å². The van der Waals surface area contributed by atoms with Gasteiger partial charge in [-0.05, 0) is 99.2 Å². The van der Waals surface area contributed by atoms with Crippen molar-refractivity contribution in [1.29, 1.82) is 0 Å². The van der Waals surface area contributed by atoms with E-state index in [4.69, 9.17) is 0 Å². The maximum atomic E-state index is 13.8. The van der Waals surface area contributed by atoms with Gasteiger partial charge in [0.15, 0.2) is 0 Å². The van der Waals surface area contributed by atoms with Crippen molar-refractivity contribution in [2.75, 3.05) is 22.4 Å². The summed E-state index contributed by atoms with van der Waals surface area (Å²) in [6, 6.07) is 11.3. The molecular weight excluding hydrogens is 510 g/mol. The molecule has 0 aromatic heterocycles. The minimum atomic E-state index is -3.75.